The Morgan fingerprint density at radius 1 is 1.14 bits per heavy atom. The summed E-state index contributed by atoms with van der Waals surface area (Å²) in [7, 11) is 0. The number of aryl methyl sites for hydroxylation is 3. The molecule has 0 spiro atoms. The summed E-state index contributed by atoms with van der Waals surface area (Å²) in [4.78, 5) is 29.2. The van der Waals surface area contributed by atoms with Crippen molar-refractivity contribution in [2.45, 2.75) is 26.8 Å². The average molecular weight is 405 g/mol. The Hall–Kier alpha value is -3.39. The minimum Gasteiger partial charge on any atom is -0.302 e. The SMILES string of the molecule is Cc1ccc(-c2csc(NC(=O)CCn3nnc4ccccc4c3=O)n2)cc1C. The van der Waals surface area contributed by atoms with Crippen LogP contribution in [0, 0.1) is 13.8 Å². The van der Waals surface area contributed by atoms with E-state index in [4.69, 9.17) is 0 Å². The fourth-order valence-corrected chi connectivity index (χ4v) is 3.66. The second-order valence-corrected chi connectivity index (χ2v) is 7.63. The van der Waals surface area contributed by atoms with Crippen LogP contribution in [0.5, 0.6) is 0 Å². The van der Waals surface area contributed by atoms with Crippen LogP contribution in [0.2, 0.25) is 0 Å². The van der Waals surface area contributed by atoms with Crippen molar-refractivity contribution in [1.29, 1.82) is 0 Å². The lowest BCUT2D eigenvalue weighted by Gasteiger charge is -2.05. The lowest BCUT2D eigenvalue weighted by atomic mass is 10.1. The van der Waals surface area contributed by atoms with Gasteiger partial charge >= 0.3 is 0 Å². The van der Waals surface area contributed by atoms with Crippen LogP contribution < -0.4 is 10.9 Å². The van der Waals surface area contributed by atoms with Crippen molar-refractivity contribution in [3.8, 4) is 11.3 Å². The Kier molecular flexibility index (Phi) is 5.18. The van der Waals surface area contributed by atoms with Gasteiger partial charge in [-0.05, 0) is 43.2 Å². The maximum atomic E-state index is 12.4. The van der Waals surface area contributed by atoms with Gasteiger partial charge in [-0.2, -0.15) is 0 Å². The van der Waals surface area contributed by atoms with Gasteiger partial charge in [0, 0.05) is 17.4 Å². The van der Waals surface area contributed by atoms with Crippen LogP contribution in [0.25, 0.3) is 22.2 Å². The summed E-state index contributed by atoms with van der Waals surface area (Å²) in [6.07, 6.45) is 0.103. The van der Waals surface area contributed by atoms with E-state index in [1.807, 2.05) is 11.4 Å². The number of carbonyl (C=O) groups excluding carboxylic acids is 1. The summed E-state index contributed by atoms with van der Waals surface area (Å²) in [5.41, 5.74) is 4.55. The summed E-state index contributed by atoms with van der Waals surface area (Å²) < 4.78 is 1.21. The third-order valence-electron chi connectivity index (χ3n) is 4.73. The molecule has 146 valence electrons. The molecule has 8 heteroatoms. The summed E-state index contributed by atoms with van der Waals surface area (Å²) in [6.45, 7) is 4.28. The van der Waals surface area contributed by atoms with Crippen LogP contribution in [0.15, 0.2) is 52.6 Å². The molecular weight excluding hydrogens is 386 g/mol. The van der Waals surface area contributed by atoms with Crippen molar-refractivity contribution in [3.05, 3.63) is 69.3 Å². The molecule has 1 N–H and O–H groups in total. The maximum absolute atomic E-state index is 12.4. The highest BCUT2D eigenvalue weighted by molar-refractivity contribution is 7.14. The monoisotopic (exact) mass is 405 g/mol. The highest BCUT2D eigenvalue weighted by Gasteiger charge is 2.11. The van der Waals surface area contributed by atoms with Crippen molar-refractivity contribution in [2.24, 2.45) is 0 Å². The first kappa shape index (κ1) is 18.9. The Morgan fingerprint density at radius 2 is 1.97 bits per heavy atom. The Morgan fingerprint density at radius 3 is 2.79 bits per heavy atom. The van der Waals surface area contributed by atoms with Crippen molar-refractivity contribution in [2.75, 3.05) is 5.32 Å². The number of benzene rings is 2. The number of anilines is 1. The van der Waals surface area contributed by atoms with Crippen LogP contribution in [0.3, 0.4) is 0 Å². The van der Waals surface area contributed by atoms with Gasteiger partial charge in [0.2, 0.25) is 5.91 Å². The Labute approximate surface area is 171 Å². The topological polar surface area (TPSA) is 89.8 Å². The van der Waals surface area contributed by atoms with Gasteiger partial charge in [-0.3, -0.25) is 9.59 Å². The molecule has 0 unspecified atom stereocenters. The molecule has 2 aromatic heterocycles. The first-order chi connectivity index (χ1) is 14.0. The summed E-state index contributed by atoms with van der Waals surface area (Å²) in [5.74, 6) is -0.229. The van der Waals surface area contributed by atoms with E-state index in [0.717, 1.165) is 11.3 Å². The van der Waals surface area contributed by atoms with Gasteiger partial charge in [0.15, 0.2) is 5.13 Å². The molecule has 2 aromatic carbocycles. The molecular formula is C21H19N5O2S. The number of fused-ring (bicyclic) bond motifs is 1. The second-order valence-electron chi connectivity index (χ2n) is 6.77. The number of carbonyl (C=O) groups is 1. The van der Waals surface area contributed by atoms with E-state index in [1.54, 1.807) is 24.3 Å². The van der Waals surface area contributed by atoms with E-state index in [-0.39, 0.29) is 24.4 Å². The predicted octanol–water partition coefficient (Wildman–Crippen LogP) is 3.56. The fourth-order valence-electron chi connectivity index (χ4n) is 2.92. The zero-order valence-electron chi connectivity index (χ0n) is 16.0. The minimum atomic E-state index is -0.255. The molecule has 4 rings (SSSR count). The molecule has 0 bridgehead atoms. The minimum absolute atomic E-state index is 0.103. The maximum Gasteiger partial charge on any atom is 0.277 e. The lowest BCUT2D eigenvalue weighted by Crippen LogP contribution is -2.26. The van der Waals surface area contributed by atoms with Gasteiger partial charge in [-0.25, -0.2) is 9.67 Å². The molecule has 1 amide bonds. The molecule has 0 radical (unpaired) electrons. The van der Waals surface area contributed by atoms with E-state index in [1.165, 1.54) is 27.1 Å². The molecule has 4 aromatic rings. The Balaban J connectivity index is 1.42. The van der Waals surface area contributed by atoms with Gasteiger partial charge in [0.05, 0.1) is 17.6 Å². The number of hydrogen-bond acceptors (Lipinski definition) is 6. The molecule has 2 heterocycles. The molecule has 0 fully saturated rings. The number of nitrogens with one attached hydrogen (secondary N) is 1. The molecule has 29 heavy (non-hydrogen) atoms. The van der Waals surface area contributed by atoms with E-state index in [2.05, 4.69) is 46.6 Å². The molecule has 0 aliphatic rings. The van der Waals surface area contributed by atoms with Crippen molar-refractivity contribution >= 4 is 33.3 Å². The first-order valence-corrected chi connectivity index (χ1v) is 10.0. The number of nitrogens with zero attached hydrogens (tertiary/aromatic N) is 4. The number of amides is 1. The van der Waals surface area contributed by atoms with Crippen molar-refractivity contribution in [1.82, 2.24) is 20.0 Å². The lowest BCUT2D eigenvalue weighted by molar-refractivity contribution is -0.116. The van der Waals surface area contributed by atoms with E-state index in [9.17, 15) is 9.59 Å². The molecule has 0 atom stereocenters. The quantitative estimate of drug-likeness (QED) is 0.548. The van der Waals surface area contributed by atoms with Crippen LogP contribution in [-0.4, -0.2) is 25.9 Å². The summed E-state index contributed by atoms with van der Waals surface area (Å²) >= 11 is 1.37. The van der Waals surface area contributed by atoms with Crippen LogP contribution in [0.1, 0.15) is 17.5 Å². The van der Waals surface area contributed by atoms with Crippen LogP contribution in [0.4, 0.5) is 5.13 Å². The van der Waals surface area contributed by atoms with Gasteiger partial charge < -0.3 is 5.32 Å². The highest BCUT2D eigenvalue weighted by Crippen LogP contribution is 2.26. The molecule has 0 aliphatic carbocycles. The largest absolute Gasteiger partial charge is 0.302 e. The number of hydrogen-bond donors (Lipinski definition) is 1. The second kappa shape index (κ2) is 7.92. The fraction of sp³-hybridized carbons (Fsp3) is 0.190. The summed E-state index contributed by atoms with van der Waals surface area (Å²) in [6, 6.07) is 13.2. The van der Waals surface area contributed by atoms with E-state index < -0.39 is 0 Å². The smallest absolute Gasteiger partial charge is 0.277 e. The van der Waals surface area contributed by atoms with E-state index >= 15 is 0 Å². The number of thiazole rings is 1. The number of aromatic nitrogens is 4. The molecule has 0 aliphatic heterocycles. The molecule has 0 saturated carbocycles. The first-order valence-electron chi connectivity index (χ1n) is 9.17. The predicted molar refractivity (Wildman–Crippen MR) is 114 cm³/mol. The average Bonchev–Trinajstić information content (AvgIpc) is 3.18. The van der Waals surface area contributed by atoms with Crippen molar-refractivity contribution in [3.63, 3.8) is 0 Å². The highest BCUT2D eigenvalue weighted by atomic mass is 32.1. The summed E-state index contributed by atoms with van der Waals surface area (Å²) in [5, 5.41) is 13.7. The van der Waals surface area contributed by atoms with E-state index in [0.29, 0.717) is 16.0 Å². The zero-order chi connectivity index (χ0) is 20.4. The third kappa shape index (κ3) is 4.07. The van der Waals surface area contributed by atoms with Crippen LogP contribution in [-0.2, 0) is 11.3 Å². The standard InChI is InChI=1S/C21H19N5O2S/c1-13-7-8-15(11-14(13)2)18-12-29-21(22-18)23-19(27)9-10-26-20(28)16-5-3-4-6-17(16)24-25-26/h3-8,11-12H,9-10H2,1-2H3,(H,22,23,27). The number of rotatable bonds is 5. The van der Waals surface area contributed by atoms with Crippen molar-refractivity contribution < 1.29 is 4.79 Å². The van der Waals surface area contributed by atoms with Gasteiger partial charge in [-0.15, -0.1) is 16.4 Å². The molecule has 7 nitrogen and oxygen atoms in total. The van der Waals surface area contributed by atoms with Gasteiger partial charge in [-0.1, -0.05) is 29.5 Å². The molecule has 0 saturated heterocycles. The van der Waals surface area contributed by atoms with Crippen LogP contribution >= 0.6 is 11.3 Å². The normalized spacial score (nSPS) is 11.0. The van der Waals surface area contributed by atoms with Gasteiger partial charge in [0.1, 0.15) is 5.52 Å². The van der Waals surface area contributed by atoms with Gasteiger partial charge in [0.25, 0.3) is 5.56 Å². The zero-order valence-corrected chi connectivity index (χ0v) is 16.9. The third-order valence-corrected chi connectivity index (χ3v) is 5.49. The Bertz CT molecular complexity index is 1260.